The van der Waals surface area contributed by atoms with E-state index < -0.39 is 0 Å². The summed E-state index contributed by atoms with van der Waals surface area (Å²) in [4.78, 5) is 12.3. The lowest BCUT2D eigenvalue weighted by Crippen LogP contribution is -2.23. The average molecular weight is 337 g/mol. The van der Waals surface area contributed by atoms with Crippen LogP contribution in [0, 0.1) is 20.8 Å². The van der Waals surface area contributed by atoms with E-state index in [9.17, 15) is 4.79 Å². The van der Waals surface area contributed by atoms with Gasteiger partial charge in [-0.3, -0.25) is 14.2 Å². The van der Waals surface area contributed by atoms with Gasteiger partial charge in [0.2, 0.25) is 0 Å². The first kappa shape index (κ1) is 17.0. The van der Waals surface area contributed by atoms with Gasteiger partial charge in [-0.1, -0.05) is 12.1 Å². The Labute approximate surface area is 147 Å². The van der Waals surface area contributed by atoms with Gasteiger partial charge in [0.25, 0.3) is 5.91 Å². The zero-order valence-electron chi connectivity index (χ0n) is 15.1. The first-order valence-corrected chi connectivity index (χ1v) is 8.30. The SMILES string of the molecule is Cc1cc(C)n(Cc2ccc(C(=O)NCc3cc(C)n(C)n3)cc2)n1. The Morgan fingerprint density at radius 2 is 1.76 bits per heavy atom. The minimum Gasteiger partial charge on any atom is -0.346 e. The molecule has 0 radical (unpaired) electrons. The van der Waals surface area contributed by atoms with Crippen LogP contribution in [0.1, 0.15) is 38.7 Å². The van der Waals surface area contributed by atoms with Crippen LogP contribution in [0.3, 0.4) is 0 Å². The molecule has 3 rings (SSSR count). The zero-order valence-corrected chi connectivity index (χ0v) is 15.1. The predicted octanol–water partition coefficient (Wildman–Crippen LogP) is 2.52. The molecule has 0 unspecified atom stereocenters. The molecule has 0 fully saturated rings. The molecule has 6 nitrogen and oxygen atoms in total. The van der Waals surface area contributed by atoms with Crippen LogP contribution < -0.4 is 5.32 Å². The molecule has 2 aromatic heterocycles. The predicted molar refractivity (Wildman–Crippen MR) is 96.4 cm³/mol. The van der Waals surface area contributed by atoms with E-state index in [-0.39, 0.29) is 5.91 Å². The Bertz CT molecular complexity index is 870. The van der Waals surface area contributed by atoms with Crippen LogP contribution in [-0.2, 0) is 20.1 Å². The standard InChI is InChI=1S/C19H23N5O/c1-13-9-15(3)24(21-13)12-16-5-7-17(8-6-16)19(25)20-11-18-10-14(2)23(4)22-18/h5-10H,11-12H2,1-4H3,(H,20,25). The first-order valence-electron chi connectivity index (χ1n) is 8.30. The summed E-state index contributed by atoms with van der Waals surface area (Å²) in [5, 5.41) is 11.7. The highest BCUT2D eigenvalue weighted by molar-refractivity contribution is 5.94. The van der Waals surface area contributed by atoms with Crippen molar-refractivity contribution in [1.29, 1.82) is 0 Å². The monoisotopic (exact) mass is 337 g/mol. The molecule has 25 heavy (non-hydrogen) atoms. The Balaban J connectivity index is 1.61. The summed E-state index contributed by atoms with van der Waals surface area (Å²) in [6.45, 7) is 7.14. The molecular formula is C19H23N5O. The lowest BCUT2D eigenvalue weighted by atomic mass is 10.1. The summed E-state index contributed by atoms with van der Waals surface area (Å²) in [6, 6.07) is 11.7. The van der Waals surface area contributed by atoms with Gasteiger partial charge in [0.15, 0.2) is 0 Å². The van der Waals surface area contributed by atoms with Crippen molar-refractivity contribution in [3.8, 4) is 0 Å². The number of amides is 1. The third-order valence-electron chi connectivity index (χ3n) is 4.25. The lowest BCUT2D eigenvalue weighted by molar-refractivity contribution is 0.0950. The maximum Gasteiger partial charge on any atom is 0.251 e. The highest BCUT2D eigenvalue weighted by Crippen LogP contribution is 2.10. The molecule has 0 saturated heterocycles. The van der Waals surface area contributed by atoms with Crippen LogP contribution >= 0.6 is 0 Å². The number of aromatic nitrogens is 4. The number of nitrogens with one attached hydrogen (secondary N) is 1. The van der Waals surface area contributed by atoms with E-state index in [4.69, 9.17) is 0 Å². The molecule has 1 amide bonds. The number of rotatable bonds is 5. The molecule has 0 spiro atoms. The second-order valence-corrected chi connectivity index (χ2v) is 6.37. The number of hydrogen-bond donors (Lipinski definition) is 1. The summed E-state index contributed by atoms with van der Waals surface area (Å²) >= 11 is 0. The molecule has 1 N–H and O–H groups in total. The summed E-state index contributed by atoms with van der Waals surface area (Å²) in [5.74, 6) is -0.0963. The van der Waals surface area contributed by atoms with Gasteiger partial charge < -0.3 is 5.32 Å². The van der Waals surface area contributed by atoms with Gasteiger partial charge >= 0.3 is 0 Å². The van der Waals surface area contributed by atoms with E-state index in [0.717, 1.165) is 28.3 Å². The third-order valence-corrected chi connectivity index (χ3v) is 4.25. The molecule has 0 saturated carbocycles. The minimum absolute atomic E-state index is 0.0963. The van der Waals surface area contributed by atoms with Crippen molar-refractivity contribution in [2.75, 3.05) is 0 Å². The minimum atomic E-state index is -0.0963. The topological polar surface area (TPSA) is 64.7 Å². The van der Waals surface area contributed by atoms with E-state index in [1.165, 1.54) is 0 Å². The van der Waals surface area contributed by atoms with Gasteiger partial charge in [0.05, 0.1) is 24.5 Å². The van der Waals surface area contributed by atoms with Gasteiger partial charge in [0, 0.05) is 24.0 Å². The number of carbonyl (C=O) groups is 1. The molecule has 0 aliphatic heterocycles. The quantitative estimate of drug-likeness (QED) is 0.778. The zero-order chi connectivity index (χ0) is 18.0. The van der Waals surface area contributed by atoms with Gasteiger partial charge in [-0.15, -0.1) is 0 Å². The number of nitrogens with zero attached hydrogens (tertiary/aromatic N) is 4. The van der Waals surface area contributed by atoms with Crippen LogP contribution in [0.5, 0.6) is 0 Å². The fourth-order valence-electron chi connectivity index (χ4n) is 2.76. The first-order chi connectivity index (χ1) is 11.9. The lowest BCUT2D eigenvalue weighted by Gasteiger charge is -2.07. The molecular weight excluding hydrogens is 314 g/mol. The van der Waals surface area contributed by atoms with Crippen LogP contribution in [0.4, 0.5) is 0 Å². The van der Waals surface area contributed by atoms with Gasteiger partial charge in [0.1, 0.15) is 0 Å². The van der Waals surface area contributed by atoms with Gasteiger partial charge in [-0.25, -0.2) is 0 Å². The van der Waals surface area contributed by atoms with E-state index in [0.29, 0.717) is 18.7 Å². The van der Waals surface area contributed by atoms with Crippen molar-refractivity contribution >= 4 is 5.91 Å². The Morgan fingerprint density at radius 1 is 1.04 bits per heavy atom. The Morgan fingerprint density at radius 3 is 2.32 bits per heavy atom. The number of benzene rings is 1. The van der Waals surface area contributed by atoms with E-state index in [2.05, 4.69) is 21.6 Å². The highest BCUT2D eigenvalue weighted by Gasteiger charge is 2.08. The van der Waals surface area contributed by atoms with Gasteiger partial charge in [-0.05, 0) is 50.6 Å². The third kappa shape index (κ3) is 3.96. The van der Waals surface area contributed by atoms with Crippen molar-refractivity contribution in [1.82, 2.24) is 24.9 Å². The molecule has 0 atom stereocenters. The molecule has 0 bridgehead atoms. The largest absolute Gasteiger partial charge is 0.346 e. The maximum atomic E-state index is 12.3. The summed E-state index contributed by atoms with van der Waals surface area (Å²) in [7, 11) is 1.89. The number of carbonyl (C=O) groups excluding carboxylic acids is 1. The van der Waals surface area contributed by atoms with Crippen LogP contribution in [-0.4, -0.2) is 25.5 Å². The molecule has 0 aliphatic rings. The van der Waals surface area contributed by atoms with Crippen molar-refractivity contribution < 1.29 is 4.79 Å². The molecule has 2 heterocycles. The molecule has 3 aromatic rings. The molecule has 1 aromatic carbocycles. The Hall–Kier alpha value is -2.89. The van der Waals surface area contributed by atoms with Crippen LogP contribution in [0.2, 0.25) is 0 Å². The normalized spacial score (nSPS) is 10.9. The second kappa shape index (κ2) is 6.93. The second-order valence-electron chi connectivity index (χ2n) is 6.37. The van der Waals surface area contributed by atoms with Crippen molar-refractivity contribution in [3.05, 3.63) is 70.3 Å². The smallest absolute Gasteiger partial charge is 0.251 e. The number of aryl methyl sites for hydroxylation is 4. The van der Waals surface area contributed by atoms with Crippen molar-refractivity contribution in [2.24, 2.45) is 7.05 Å². The van der Waals surface area contributed by atoms with Gasteiger partial charge in [-0.2, -0.15) is 10.2 Å². The summed E-state index contributed by atoms with van der Waals surface area (Å²) < 4.78 is 3.77. The highest BCUT2D eigenvalue weighted by atomic mass is 16.1. The number of hydrogen-bond acceptors (Lipinski definition) is 3. The molecule has 130 valence electrons. The van der Waals surface area contributed by atoms with E-state index in [1.54, 1.807) is 4.68 Å². The molecule has 0 aliphatic carbocycles. The fraction of sp³-hybridized carbons (Fsp3) is 0.316. The maximum absolute atomic E-state index is 12.3. The fourth-order valence-corrected chi connectivity index (χ4v) is 2.76. The summed E-state index contributed by atoms with van der Waals surface area (Å²) in [6.07, 6.45) is 0. The van der Waals surface area contributed by atoms with Crippen LogP contribution in [0.25, 0.3) is 0 Å². The summed E-state index contributed by atoms with van der Waals surface area (Å²) in [5.41, 5.74) is 5.82. The average Bonchev–Trinajstić information content (AvgIpc) is 3.07. The van der Waals surface area contributed by atoms with Crippen molar-refractivity contribution in [2.45, 2.75) is 33.9 Å². The van der Waals surface area contributed by atoms with E-state index in [1.807, 2.05) is 62.8 Å². The van der Waals surface area contributed by atoms with Crippen LogP contribution in [0.15, 0.2) is 36.4 Å². The molecule has 6 heteroatoms. The Kier molecular flexibility index (Phi) is 4.70. The van der Waals surface area contributed by atoms with Crippen molar-refractivity contribution in [3.63, 3.8) is 0 Å². The van der Waals surface area contributed by atoms with E-state index >= 15 is 0 Å².